The molecule has 0 atom stereocenters. The van der Waals surface area contributed by atoms with Crippen molar-refractivity contribution in [2.75, 3.05) is 0 Å². The third-order valence-electron chi connectivity index (χ3n) is 2.63. The average Bonchev–Trinajstić information content (AvgIpc) is 2.87. The van der Waals surface area contributed by atoms with Crippen LogP contribution in [0.3, 0.4) is 0 Å². The van der Waals surface area contributed by atoms with Crippen molar-refractivity contribution in [3.8, 4) is 11.3 Å². The molecular formula is C13H10ClNO4. The van der Waals surface area contributed by atoms with Crippen LogP contribution < -0.4 is 0 Å². The summed E-state index contributed by atoms with van der Waals surface area (Å²) < 4.78 is 5.40. The molecule has 0 amide bonds. The first-order valence-corrected chi connectivity index (χ1v) is 5.98. The Bertz CT molecular complexity index is 648. The van der Waals surface area contributed by atoms with E-state index >= 15 is 0 Å². The minimum Gasteiger partial charge on any atom is -0.453 e. The molecule has 0 spiro atoms. The molecule has 2 rings (SSSR count). The highest BCUT2D eigenvalue weighted by molar-refractivity contribution is 6.33. The van der Waals surface area contributed by atoms with E-state index in [0.717, 1.165) is 0 Å². The van der Waals surface area contributed by atoms with E-state index in [9.17, 15) is 14.9 Å². The van der Waals surface area contributed by atoms with Crippen LogP contribution in [0.2, 0.25) is 5.02 Å². The smallest absolute Gasteiger partial charge is 0.270 e. The molecule has 0 aliphatic heterocycles. The van der Waals surface area contributed by atoms with Crippen molar-refractivity contribution < 1.29 is 14.1 Å². The molecule has 0 saturated heterocycles. The third kappa shape index (κ3) is 2.66. The lowest BCUT2D eigenvalue weighted by molar-refractivity contribution is -0.384. The zero-order chi connectivity index (χ0) is 14.0. The SMILES string of the molecule is CCC(=O)c1ccc(-c2ccc([N+](=O)[O-])cc2Cl)o1. The van der Waals surface area contributed by atoms with Gasteiger partial charge in [0.05, 0.1) is 9.95 Å². The van der Waals surface area contributed by atoms with Crippen LogP contribution in [0.4, 0.5) is 5.69 Å². The van der Waals surface area contributed by atoms with Crippen molar-refractivity contribution in [3.63, 3.8) is 0 Å². The first kappa shape index (κ1) is 13.3. The van der Waals surface area contributed by atoms with E-state index in [1.807, 2.05) is 0 Å². The number of nitrogens with zero attached hydrogens (tertiary/aromatic N) is 1. The van der Waals surface area contributed by atoms with Gasteiger partial charge in [-0.2, -0.15) is 0 Å². The second kappa shape index (κ2) is 5.24. The molecule has 0 fully saturated rings. The second-order valence-electron chi connectivity index (χ2n) is 3.86. The van der Waals surface area contributed by atoms with E-state index in [4.69, 9.17) is 16.0 Å². The van der Waals surface area contributed by atoms with E-state index in [1.54, 1.807) is 19.1 Å². The highest BCUT2D eigenvalue weighted by atomic mass is 35.5. The Hall–Kier alpha value is -2.14. The highest BCUT2D eigenvalue weighted by Crippen LogP contribution is 2.32. The highest BCUT2D eigenvalue weighted by Gasteiger charge is 2.15. The Labute approximate surface area is 113 Å². The first-order valence-electron chi connectivity index (χ1n) is 5.60. The van der Waals surface area contributed by atoms with Gasteiger partial charge in [0.1, 0.15) is 5.76 Å². The molecular weight excluding hydrogens is 270 g/mol. The van der Waals surface area contributed by atoms with Gasteiger partial charge in [0.25, 0.3) is 5.69 Å². The van der Waals surface area contributed by atoms with Crippen molar-refractivity contribution in [2.24, 2.45) is 0 Å². The van der Waals surface area contributed by atoms with Crippen molar-refractivity contribution in [2.45, 2.75) is 13.3 Å². The molecule has 0 aliphatic rings. The number of benzene rings is 1. The summed E-state index contributed by atoms with van der Waals surface area (Å²) in [5.74, 6) is 0.563. The van der Waals surface area contributed by atoms with Gasteiger partial charge in [-0.15, -0.1) is 0 Å². The van der Waals surface area contributed by atoms with Crippen LogP contribution in [0.1, 0.15) is 23.9 Å². The number of nitro benzene ring substituents is 1. The maximum absolute atomic E-state index is 11.5. The lowest BCUT2D eigenvalue weighted by Gasteiger charge is -2.00. The number of hydrogen-bond acceptors (Lipinski definition) is 4. The van der Waals surface area contributed by atoms with Crippen molar-refractivity contribution in [3.05, 3.63) is 51.2 Å². The molecule has 5 nitrogen and oxygen atoms in total. The van der Waals surface area contributed by atoms with Crippen LogP contribution in [0.25, 0.3) is 11.3 Å². The van der Waals surface area contributed by atoms with Crippen LogP contribution in [-0.2, 0) is 0 Å². The molecule has 0 saturated carbocycles. The molecule has 98 valence electrons. The van der Waals surface area contributed by atoms with Gasteiger partial charge in [0, 0.05) is 24.1 Å². The van der Waals surface area contributed by atoms with Gasteiger partial charge in [-0.3, -0.25) is 14.9 Å². The predicted molar refractivity (Wildman–Crippen MR) is 70.4 cm³/mol. The number of Topliss-reactive ketones (excluding diaryl/α,β-unsaturated/α-hetero) is 1. The van der Waals surface area contributed by atoms with Gasteiger partial charge in [0.2, 0.25) is 0 Å². The number of nitro groups is 1. The molecule has 1 aromatic heterocycles. The average molecular weight is 280 g/mol. The number of carbonyl (C=O) groups excluding carboxylic acids is 1. The van der Waals surface area contributed by atoms with Crippen LogP contribution >= 0.6 is 11.6 Å². The summed E-state index contributed by atoms with van der Waals surface area (Å²) in [6, 6.07) is 7.28. The maximum Gasteiger partial charge on any atom is 0.270 e. The quantitative estimate of drug-likeness (QED) is 0.480. The Morgan fingerprint density at radius 3 is 2.68 bits per heavy atom. The van der Waals surface area contributed by atoms with Crippen LogP contribution in [0.5, 0.6) is 0 Å². The summed E-state index contributed by atoms with van der Waals surface area (Å²) in [5.41, 5.74) is 0.424. The fourth-order valence-electron chi connectivity index (χ4n) is 1.62. The summed E-state index contributed by atoms with van der Waals surface area (Å²) in [6.07, 6.45) is 0.348. The van der Waals surface area contributed by atoms with Gasteiger partial charge >= 0.3 is 0 Å². The molecule has 1 heterocycles. The molecule has 0 bridgehead atoms. The van der Waals surface area contributed by atoms with Crippen LogP contribution in [0, 0.1) is 10.1 Å². The standard InChI is InChI=1S/C13H10ClNO4/c1-2-11(16)13-6-5-12(19-13)9-4-3-8(15(17)18)7-10(9)14/h3-7H,2H2,1H3. The van der Waals surface area contributed by atoms with E-state index in [-0.39, 0.29) is 22.3 Å². The van der Waals surface area contributed by atoms with Crippen molar-refractivity contribution in [1.82, 2.24) is 0 Å². The number of furan rings is 1. The van der Waals surface area contributed by atoms with Crippen LogP contribution in [0.15, 0.2) is 34.7 Å². The third-order valence-corrected chi connectivity index (χ3v) is 2.94. The van der Waals surface area contributed by atoms with Gasteiger partial charge in [-0.05, 0) is 18.2 Å². The van der Waals surface area contributed by atoms with Crippen LogP contribution in [-0.4, -0.2) is 10.7 Å². The molecule has 6 heteroatoms. The number of rotatable bonds is 4. The minimum absolute atomic E-state index is 0.0924. The molecule has 0 unspecified atom stereocenters. The van der Waals surface area contributed by atoms with E-state index in [0.29, 0.717) is 17.7 Å². The topological polar surface area (TPSA) is 73.3 Å². The Morgan fingerprint density at radius 1 is 1.37 bits per heavy atom. The molecule has 0 radical (unpaired) electrons. The number of ketones is 1. The molecule has 0 aliphatic carbocycles. The van der Waals surface area contributed by atoms with Crippen molar-refractivity contribution in [1.29, 1.82) is 0 Å². The van der Waals surface area contributed by atoms with Crippen molar-refractivity contribution >= 4 is 23.1 Å². The fourth-order valence-corrected chi connectivity index (χ4v) is 1.89. The monoisotopic (exact) mass is 279 g/mol. The summed E-state index contributed by atoms with van der Waals surface area (Å²) in [5, 5.41) is 10.8. The van der Waals surface area contributed by atoms with E-state index in [1.165, 1.54) is 18.2 Å². The zero-order valence-corrected chi connectivity index (χ0v) is 10.8. The number of carbonyl (C=O) groups is 1. The number of non-ortho nitro benzene ring substituents is 1. The summed E-state index contributed by atoms with van der Waals surface area (Å²) in [6.45, 7) is 1.74. The number of hydrogen-bond donors (Lipinski definition) is 0. The van der Waals surface area contributed by atoms with Gasteiger partial charge in [0.15, 0.2) is 11.5 Å². The maximum atomic E-state index is 11.5. The Balaban J connectivity index is 2.39. The molecule has 2 aromatic rings. The van der Waals surface area contributed by atoms with E-state index < -0.39 is 4.92 Å². The first-order chi connectivity index (χ1) is 9.02. The molecule has 1 aromatic carbocycles. The number of halogens is 1. The molecule has 0 N–H and O–H groups in total. The Kier molecular flexibility index (Phi) is 3.66. The lowest BCUT2D eigenvalue weighted by Crippen LogP contribution is -1.92. The second-order valence-corrected chi connectivity index (χ2v) is 4.27. The van der Waals surface area contributed by atoms with Gasteiger partial charge in [-0.25, -0.2) is 0 Å². The summed E-state index contributed by atoms with van der Waals surface area (Å²) >= 11 is 5.98. The lowest BCUT2D eigenvalue weighted by atomic mass is 10.1. The minimum atomic E-state index is -0.524. The predicted octanol–water partition coefficient (Wildman–Crippen LogP) is 4.10. The largest absolute Gasteiger partial charge is 0.453 e. The summed E-state index contributed by atoms with van der Waals surface area (Å²) in [7, 11) is 0. The normalized spacial score (nSPS) is 10.4. The van der Waals surface area contributed by atoms with Gasteiger partial charge < -0.3 is 4.42 Å². The summed E-state index contributed by atoms with van der Waals surface area (Å²) in [4.78, 5) is 21.6. The Morgan fingerprint density at radius 2 is 2.11 bits per heavy atom. The zero-order valence-electron chi connectivity index (χ0n) is 10.1. The molecule has 19 heavy (non-hydrogen) atoms. The van der Waals surface area contributed by atoms with E-state index in [2.05, 4.69) is 0 Å². The fraction of sp³-hybridized carbons (Fsp3) is 0.154. The van der Waals surface area contributed by atoms with Gasteiger partial charge in [-0.1, -0.05) is 18.5 Å².